The van der Waals surface area contributed by atoms with Crippen molar-refractivity contribution < 1.29 is 9.53 Å². The Hall–Kier alpha value is -1.55. The van der Waals surface area contributed by atoms with Crippen LogP contribution in [-0.4, -0.2) is 62.1 Å². The quantitative estimate of drug-likeness (QED) is 0.293. The molecule has 1 fully saturated rings. The van der Waals surface area contributed by atoms with Gasteiger partial charge in [0.25, 0.3) is 0 Å². The van der Waals surface area contributed by atoms with E-state index in [0.717, 1.165) is 44.1 Å². The average molecular weight is 489 g/mol. The minimum atomic E-state index is -0.266. The Kier molecular flexibility index (Phi) is 11.1. The molecule has 1 atom stereocenters. The number of rotatable bonds is 8. The number of likely N-dealkylation sites (tertiary alicyclic amines) is 1. The molecule has 0 bridgehead atoms. The number of piperidine rings is 1. The van der Waals surface area contributed by atoms with Gasteiger partial charge in [0.1, 0.15) is 11.9 Å². The lowest BCUT2D eigenvalue weighted by Crippen LogP contribution is -2.51. The molecule has 0 radical (unpaired) electrons. The first-order chi connectivity index (χ1) is 12.6. The van der Waals surface area contributed by atoms with Gasteiger partial charge in [-0.2, -0.15) is 0 Å². The van der Waals surface area contributed by atoms with E-state index in [9.17, 15) is 4.79 Å². The minimum absolute atomic E-state index is 0. The van der Waals surface area contributed by atoms with Crippen LogP contribution in [0.3, 0.4) is 0 Å². The zero-order valence-electron chi connectivity index (χ0n) is 16.2. The second kappa shape index (κ2) is 12.8. The van der Waals surface area contributed by atoms with Crippen LogP contribution in [-0.2, 0) is 4.79 Å². The van der Waals surface area contributed by atoms with E-state index < -0.39 is 0 Å². The molecule has 4 N–H and O–H groups in total. The maximum Gasteiger partial charge on any atom is 0.231 e. The number of guanidine groups is 1. The van der Waals surface area contributed by atoms with Gasteiger partial charge in [-0.05, 0) is 31.4 Å². The highest BCUT2D eigenvalue weighted by Crippen LogP contribution is 2.12. The zero-order chi connectivity index (χ0) is 18.8. The fourth-order valence-corrected chi connectivity index (χ4v) is 3.02. The third kappa shape index (κ3) is 8.79. The highest BCUT2D eigenvalue weighted by molar-refractivity contribution is 14.0. The van der Waals surface area contributed by atoms with E-state index in [1.807, 2.05) is 30.3 Å². The summed E-state index contributed by atoms with van der Waals surface area (Å²) >= 11 is 0. The molecular weight excluding hydrogens is 457 g/mol. The molecule has 1 heterocycles. The molecule has 0 saturated carbocycles. The number of primary amides is 1. The van der Waals surface area contributed by atoms with Crippen LogP contribution in [0.5, 0.6) is 5.75 Å². The first-order valence-corrected chi connectivity index (χ1v) is 9.30. The number of carbonyl (C=O) groups excluding carboxylic acids is 1. The van der Waals surface area contributed by atoms with Crippen LogP contribution in [0.15, 0.2) is 35.3 Å². The molecule has 0 aliphatic carbocycles. The summed E-state index contributed by atoms with van der Waals surface area (Å²) < 4.78 is 6.00. The van der Waals surface area contributed by atoms with Crippen LogP contribution in [0.1, 0.15) is 26.2 Å². The first kappa shape index (κ1) is 23.5. The summed E-state index contributed by atoms with van der Waals surface area (Å²) in [4.78, 5) is 17.4. The lowest BCUT2D eigenvalue weighted by Gasteiger charge is -2.32. The van der Waals surface area contributed by atoms with E-state index in [1.165, 1.54) is 0 Å². The van der Waals surface area contributed by atoms with Crippen molar-refractivity contribution in [3.05, 3.63) is 30.3 Å². The maximum absolute atomic E-state index is 11.0. The minimum Gasteiger partial charge on any atom is -0.489 e. The van der Waals surface area contributed by atoms with Crippen molar-refractivity contribution in [2.75, 3.05) is 33.2 Å². The van der Waals surface area contributed by atoms with E-state index >= 15 is 0 Å². The lowest BCUT2D eigenvalue weighted by atomic mass is 10.1. The molecule has 8 heteroatoms. The number of benzene rings is 1. The van der Waals surface area contributed by atoms with Crippen molar-refractivity contribution in [3.8, 4) is 5.75 Å². The number of nitrogens with one attached hydrogen (secondary N) is 2. The molecule has 7 nitrogen and oxygen atoms in total. The van der Waals surface area contributed by atoms with Crippen LogP contribution in [0.2, 0.25) is 0 Å². The Bertz CT molecular complexity index is 577. The summed E-state index contributed by atoms with van der Waals surface area (Å²) in [6.45, 7) is 4.87. The molecule has 0 aromatic heterocycles. The number of carbonyl (C=O) groups is 1. The van der Waals surface area contributed by atoms with Crippen molar-refractivity contribution in [1.82, 2.24) is 15.5 Å². The van der Waals surface area contributed by atoms with Crippen molar-refractivity contribution in [1.29, 1.82) is 0 Å². The Labute approximate surface area is 179 Å². The van der Waals surface area contributed by atoms with E-state index in [1.54, 1.807) is 7.05 Å². The summed E-state index contributed by atoms with van der Waals surface area (Å²) in [5, 5.41) is 6.82. The summed E-state index contributed by atoms with van der Waals surface area (Å²) in [5.41, 5.74) is 5.26. The van der Waals surface area contributed by atoms with E-state index in [0.29, 0.717) is 19.1 Å². The van der Waals surface area contributed by atoms with Crippen LogP contribution in [0.25, 0.3) is 0 Å². The monoisotopic (exact) mass is 489 g/mol. The van der Waals surface area contributed by atoms with Crippen LogP contribution < -0.4 is 21.1 Å². The molecule has 1 saturated heterocycles. The number of hydrogen-bond donors (Lipinski definition) is 3. The van der Waals surface area contributed by atoms with Crippen molar-refractivity contribution in [2.24, 2.45) is 10.7 Å². The summed E-state index contributed by atoms with van der Waals surface area (Å²) in [5.74, 6) is 1.40. The predicted molar refractivity (Wildman–Crippen MR) is 120 cm³/mol. The third-order valence-corrected chi connectivity index (χ3v) is 4.53. The van der Waals surface area contributed by atoms with Gasteiger partial charge in [-0.3, -0.25) is 14.7 Å². The van der Waals surface area contributed by atoms with Gasteiger partial charge in [0.2, 0.25) is 5.91 Å². The molecule has 1 aromatic rings. The number of halogens is 1. The molecule has 1 amide bonds. The van der Waals surface area contributed by atoms with Gasteiger partial charge in [0.05, 0.1) is 13.1 Å². The van der Waals surface area contributed by atoms with Gasteiger partial charge in [0, 0.05) is 26.2 Å². The van der Waals surface area contributed by atoms with Crippen molar-refractivity contribution >= 4 is 35.8 Å². The average Bonchev–Trinajstić information content (AvgIpc) is 2.65. The van der Waals surface area contributed by atoms with E-state index in [4.69, 9.17) is 10.5 Å². The number of nitrogens with two attached hydrogens (primary N) is 1. The van der Waals surface area contributed by atoms with Gasteiger partial charge < -0.3 is 21.1 Å². The molecule has 152 valence electrons. The van der Waals surface area contributed by atoms with Crippen LogP contribution >= 0.6 is 24.0 Å². The fraction of sp³-hybridized carbons (Fsp3) is 0.579. The van der Waals surface area contributed by atoms with Gasteiger partial charge in [-0.15, -0.1) is 24.0 Å². The molecule has 1 aliphatic rings. The van der Waals surface area contributed by atoms with E-state index in [2.05, 4.69) is 27.4 Å². The number of para-hydroxylation sites is 1. The number of nitrogens with zero attached hydrogens (tertiary/aromatic N) is 2. The highest BCUT2D eigenvalue weighted by Gasteiger charge is 2.21. The number of hydrogen-bond acceptors (Lipinski definition) is 4. The van der Waals surface area contributed by atoms with Gasteiger partial charge in [-0.25, -0.2) is 0 Å². The highest BCUT2D eigenvalue weighted by atomic mass is 127. The molecule has 27 heavy (non-hydrogen) atoms. The number of amides is 1. The molecular formula is C19H32IN5O2. The lowest BCUT2D eigenvalue weighted by molar-refractivity contribution is -0.119. The second-order valence-electron chi connectivity index (χ2n) is 6.58. The Morgan fingerprint density at radius 3 is 2.56 bits per heavy atom. The van der Waals surface area contributed by atoms with Gasteiger partial charge in [-0.1, -0.05) is 25.1 Å². The summed E-state index contributed by atoms with van der Waals surface area (Å²) in [7, 11) is 1.77. The Morgan fingerprint density at radius 2 is 2.00 bits per heavy atom. The second-order valence-corrected chi connectivity index (χ2v) is 6.58. The van der Waals surface area contributed by atoms with Crippen LogP contribution in [0, 0.1) is 0 Å². The maximum atomic E-state index is 11.0. The molecule has 1 aromatic carbocycles. The number of aliphatic imine (C=N–C) groups is 1. The predicted octanol–water partition coefficient (Wildman–Crippen LogP) is 1.58. The van der Waals surface area contributed by atoms with Crippen molar-refractivity contribution in [2.45, 2.75) is 38.3 Å². The first-order valence-electron chi connectivity index (χ1n) is 9.30. The third-order valence-electron chi connectivity index (χ3n) is 4.53. The van der Waals surface area contributed by atoms with Gasteiger partial charge >= 0.3 is 0 Å². The van der Waals surface area contributed by atoms with Crippen LogP contribution in [0.4, 0.5) is 0 Å². The Balaban J connectivity index is 0.00000364. The number of ether oxygens (including phenoxy) is 1. The largest absolute Gasteiger partial charge is 0.489 e. The molecule has 1 aliphatic heterocycles. The molecule has 1 unspecified atom stereocenters. The Morgan fingerprint density at radius 1 is 1.33 bits per heavy atom. The van der Waals surface area contributed by atoms with E-state index in [-0.39, 0.29) is 36.0 Å². The SMILES string of the molecule is CCC(CNC(=NC)NC1CCN(CC(N)=O)CC1)Oc1ccccc1.I. The summed E-state index contributed by atoms with van der Waals surface area (Å²) in [6, 6.07) is 10.2. The topological polar surface area (TPSA) is 92.0 Å². The van der Waals surface area contributed by atoms with Gasteiger partial charge in [0.15, 0.2) is 5.96 Å². The normalized spacial score (nSPS) is 16.9. The molecule has 2 rings (SSSR count). The van der Waals surface area contributed by atoms with Crippen molar-refractivity contribution in [3.63, 3.8) is 0 Å². The standard InChI is InChI=1S/C19H31N5O2.HI/c1-3-16(26-17-7-5-4-6-8-17)13-22-19(21-2)23-15-9-11-24(12-10-15)14-18(20)25;/h4-8,15-16H,3,9-14H2,1-2H3,(H2,20,25)(H2,21,22,23);1H. The molecule has 0 spiro atoms. The zero-order valence-corrected chi connectivity index (χ0v) is 18.5. The summed E-state index contributed by atoms with van der Waals surface area (Å²) in [6.07, 6.45) is 2.91. The smallest absolute Gasteiger partial charge is 0.231 e. The fourth-order valence-electron chi connectivity index (χ4n) is 3.02.